The second-order valence-corrected chi connectivity index (χ2v) is 7.89. The number of pyridine rings is 1. The maximum absolute atomic E-state index is 13.8. The van der Waals surface area contributed by atoms with Crippen LogP contribution in [0.25, 0.3) is 37.1 Å². The molecule has 0 amide bonds. The summed E-state index contributed by atoms with van der Waals surface area (Å²) in [7, 11) is 0. The molecular weight excluding hydrogens is 413 g/mol. The van der Waals surface area contributed by atoms with Gasteiger partial charge in [-0.3, -0.25) is 9.78 Å². The van der Waals surface area contributed by atoms with Crippen molar-refractivity contribution in [1.29, 1.82) is 0 Å². The van der Waals surface area contributed by atoms with E-state index in [0.29, 0.717) is 26.0 Å². The third-order valence-electron chi connectivity index (χ3n) is 4.66. The van der Waals surface area contributed by atoms with Crippen LogP contribution < -0.4 is 11.2 Å². The molecule has 29 heavy (non-hydrogen) atoms. The molecule has 0 saturated heterocycles. The number of hydrogen-bond donors (Lipinski definition) is 1. The van der Waals surface area contributed by atoms with Gasteiger partial charge in [0.15, 0.2) is 0 Å². The fourth-order valence-corrected chi connectivity index (χ4v) is 4.70. The lowest BCUT2D eigenvalue weighted by atomic mass is 10.1. The lowest BCUT2D eigenvalue weighted by Gasteiger charge is -2.08. The highest BCUT2D eigenvalue weighted by atomic mass is 35.5. The molecule has 5 aromatic rings. The Hall–Kier alpha value is -3.29. The number of aromatic nitrogens is 3. The number of hydrogen-bond acceptors (Lipinski definition) is 4. The first-order valence-corrected chi connectivity index (χ1v) is 9.80. The van der Waals surface area contributed by atoms with E-state index in [9.17, 15) is 14.0 Å². The Balaban J connectivity index is 1.81. The molecule has 5 nitrogen and oxygen atoms in total. The average molecular weight is 424 g/mol. The Morgan fingerprint density at radius 3 is 2.72 bits per heavy atom. The summed E-state index contributed by atoms with van der Waals surface area (Å²) in [5, 5.41) is 1.60. The molecule has 0 atom stereocenters. The average Bonchev–Trinajstić information content (AvgIpc) is 3.12. The van der Waals surface area contributed by atoms with Gasteiger partial charge in [0.1, 0.15) is 10.5 Å². The monoisotopic (exact) mass is 423 g/mol. The summed E-state index contributed by atoms with van der Waals surface area (Å²) < 4.78 is 15.2. The van der Waals surface area contributed by atoms with Gasteiger partial charge in [-0.15, -0.1) is 11.3 Å². The summed E-state index contributed by atoms with van der Waals surface area (Å²) in [6, 6.07) is 13.2. The predicted molar refractivity (Wildman–Crippen MR) is 114 cm³/mol. The summed E-state index contributed by atoms with van der Waals surface area (Å²) in [6.07, 6.45) is 2.93. The van der Waals surface area contributed by atoms with Gasteiger partial charge in [0.05, 0.1) is 17.4 Å². The van der Waals surface area contributed by atoms with Gasteiger partial charge in [0, 0.05) is 32.4 Å². The Morgan fingerprint density at radius 1 is 1.07 bits per heavy atom. The molecule has 0 spiro atoms. The van der Waals surface area contributed by atoms with Crippen molar-refractivity contribution >= 4 is 43.9 Å². The number of aromatic amines is 1. The molecule has 0 aliphatic heterocycles. The highest BCUT2D eigenvalue weighted by molar-refractivity contribution is 7.22. The van der Waals surface area contributed by atoms with Gasteiger partial charge in [-0.1, -0.05) is 29.8 Å². The van der Waals surface area contributed by atoms with E-state index in [1.165, 1.54) is 29.7 Å². The number of thiophene rings is 1. The van der Waals surface area contributed by atoms with Gasteiger partial charge in [-0.2, -0.15) is 0 Å². The normalized spacial score (nSPS) is 11.4. The molecule has 0 bridgehead atoms. The summed E-state index contributed by atoms with van der Waals surface area (Å²) in [6.45, 7) is 0. The molecule has 0 aliphatic rings. The molecule has 3 aromatic heterocycles. The van der Waals surface area contributed by atoms with E-state index < -0.39 is 17.1 Å². The van der Waals surface area contributed by atoms with Crippen LogP contribution in [-0.2, 0) is 0 Å². The van der Waals surface area contributed by atoms with Gasteiger partial charge in [-0.25, -0.2) is 13.8 Å². The van der Waals surface area contributed by atoms with Crippen LogP contribution >= 0.6 is 22.9 Å². The van der Waals surface area contributed by atoms with E-state index >= 15 is 0 Å². The third-order valence-corrected chi connectivity index (χ3v) is 6.14. The molecule has 8 heteroatoms. The van der Waals surface area contributed by atoms with Crippen molar-refractivity contribution < 1.29 is 4.39 Å². The SMILES string of the molecule is O=c1[nH]c2cc(-c3ccccc3Cl)sc2c(=O)n1-c1cncc2ccc(F)cc12. The van der Waals surface area contributed by atoms with Crippen molar-refractivity contribution in [2.45, 2.75) is 0 Å². The Labute approximate surface area is 171 Å². The number of nitrogens with zero attached hydrogens (tertiary/aromatic N) is 2. The lowest BCUT2D eigenvalue weighted by molar-refractivity contribution is 0.629. The van der Waals surface area contributed by atoms with Crippen LogP contribution in [0.5, 0.6) is 0 Å². The summed E-state index contributed by atoms with van der Waals surface area (Å²) in [4.78, 5) is 33.6. The molecule has 1 N–H and O–H groups in total. The molecule has 0 fully saturated rings. The van der Waals surface area contributed by atoms with E-state index in [0.717, 1.165) is 15.0 Å². The zero-order valence-corrected chi connectivity index (χ0v) is 16.2. The standard InChI is InChI=1S/C21H11ClFN3O2S/c22-15-4-2-1-3-13(15)18-8-16-19(29-18)20(27)26(21(28)25-16)17-10-24-9-11-5-6-12(23)7-14(11)17/h1-10H,(H,25,28). The van der Waals surface area contributed by atoms with Crippen LogP contribution in [0, 0.1) is 5.82 Å². The Kier molecular flexibility index (Phi) is 4.08. The highest BCUT2D eigenvalue weighted by Crippen LogP contribution is 2.35. The maximum atomic E-state index is 13.8. The van der Waals surface area contributed by atoms with Crippen LogP contribution in [-0.4, -0.2) is 14.5 Å². The van der Waals surface area contributed by atoms with E-state index in [4.69, 9.17) is 11.6 Å². The van der Waals surface area contributed by atoms with Gasteiger partial charge in [0.25, 0.3) is 5.56 Å². The Morgan fingerprint density at radius 2 is 1.90 bits per heavy atom. The largest absolute Gasteiger partial charge is 0.333 e. The number of rotatable bonds is 2. The van der Waals surface area contributed by atoms with Crippen LogP contribution in [0.1, 0.15) is 0 Å². The molecule has 0 unspecified atom stereocenters. The number of halogens is 2. The number of nitrogens with one attached hydrogen (secondary N) is 1. The number of benzene rings is 2. The minimum absolute atomic E-state index is 0.225. The molecular formula is C21H11ClFN3O2S. The zero-order chi connectivity index (χ0) is 20.1. The number of H-pyrrole nitrogens is 1. The van der Waals surface area contributed by atoms with Gasteiger partial charge >= 0.3 is 5.69 Å². The van der Waals surface area contributed by atoms with E-state index in [1.54, 1.807) is 24.4 Å². The zero-order valence-electron chi connectivity index (χ0n) is 14.6. The van der Waals surface area contributed by atoms with Gasteiger partial charge < -0.3 is 4.98 Å². The van der Waals surface area contributed by atoms with Crippen LogP contribution in [0.3, 0.4) is 0 Å². The van der Waals surface area contributed by atoms with Gasteiger partial charge in [-0.05, 0) is 30.3 Å². The number of fused-ring (bicyclic) bond motifs is 2. The fraction of sp³-hybridized carbons (Fsp3) is 0. The highest BCUT2D eigenvalue weighted by Gasteiger charge is 2.16. The predicted octanol–water partition coefficient (Wildman–Crippen LogP) is 4.75. The van der Waals surface area contributed by atoms with E-state index in [1.807, 2.05) is 18.2 Å². The van der Waals surface area contributed by atoms with Crippen molar-refractivity contribution in [1.82, 2.24) is 14.5 Å². The molecule has 0 radical (unpaired) electrons. The molecule has 3 heterocycles. The first kappa shape index (κ1) is 17.8. The summed E-state index contributed by atoms with van der Waals surface area (Å²) >= 11 is 7.51. The summed E-state index contributed by atoms with van der Waals surface area (Å²) in [5.74, 6) is -0.465. The fourth-order valence-electron chi connectivity index (χ4n) is 3.32. The van der Waals surface area contributed by atoms with Crippen LogP contribution in [0.15, 0.2) is 70.5 Å². The minimum atomic E-state index is -0.621. The van der Waals surface area contributed by atoms with Crippen LogP contribution in [0.4, 0.5) is 4.39 Å². The quantitative estimate of drug-likeness (QED) is 0.445. The maximum Gasteiger partial charge on any atom is 0.333 e. The van der Waals surface area contributed by atoms with Crippen molar-refractivity contribution in [3.8, 4) is 16.1 Å². The Bertz CT molecular complexity index is 1540. The van der Waals surface area contributed by atoms with E-state index in [-0.39, 0.29) is 5.69 Å². The smallest absolute Gasteiger partial charge is 0.306 e. The third kappa shape index (κ3) is 2.86. The minimum Gasteiger partial charge on any atom is -0.306 e. The second-order valence-electron chi connectivity index (χ2n) is 6.43. The molecule has 5 rings (SSSR count). The van der Waals surface area contributed by atoms with E-state index in [2.05, 4.69) is 9.97 Å². The van der Waals surface area contributed by atoms with Crippen molar-refractivity contribution in [3.63, 3.8) is 0 Å². The molecule has 0 saturated carbocycles. The molecule has 2 aromatic carbocycles. The second kappa shape index (κ2) is 6.65. The lowest BCUT2D eigenvalue weighted by Crippen LogP contribution is -2.33. The first-order chi connectivity index (χ1) is 14.0. The first-order valence-electron chi connectivity index (χ1n) is 8.60. The van der Waals surface area contributed by atoms with Crippen LogP contribution in [0.2, 0.25) is 5.02 Å². The van der Waals surface area contributed by atoms with Crippen molar-refractivity contribution in [2.75, 3.05) is 0 Å². The summed E-state index contributed by atoms with van der Waals surface area (Å²) in [5.41, 5.74) is 0.310. The topological polar surface area (TPSA) is 67.8 Å². The van der Waals surface area contributed by atoms with Crippen molar-refractivity contribution in [2.24, 2.45) is 0 Å². The molecule has 142 valence electrons. The van der Waals surface area contributed by atoms with Crippen molar-refractivity contribution in [3.05, 3.63) is 92.6 Å². The van der Waals surface area contributed by atoms with Gasteiger partial charge in [0.2, 0.25) is 0 Å². The molecule has 0 aliphatic carbocycles.